The molecule has 0 aromatic heterocycles. The minimum atomic E-state index is -0.454. The SMILES string of the molecule is CN=C(NCc1cc(F)ccc1F)NCC1CCN(c2cccc(OC)c2)C1.I. The van der Waals surface area contributed by atoms with Gasteiger partial charge in [-0.15, -0.1) is 24.0 Å². The maximum atomic E-state index is 13.7. The number of anilines is 1. The number of halogens is 3. The average molecular weight is 516 g/mol. The lowest BCUT2D eigenvalue weighted by molar-refractivity contribution is 0.415. The number of nitrogens with zero attached hydrogens (tertiary/aromatic N) is 2. The molecule has 1 saturated heterocycles. The van der Waals surface area contributed by atoms with Gasteiger partial charge in [-0.05, 0) is 42.7 Å². The highest BCUT2D eigenvalue weighted by Gasteiger charge is 2.23. The Morgan fingerprint density at radius 2 is 2.03 bits per heavy atom. The first-order chi connectivity index (χ1) is 13.6. The van der Waals surface area contributed by atoms with Crippen LogP contribution in [-0.2, 0) is 6.54 Å². The van der Waals surface area contributed by atoms with Crippen molar-refractivity contribution in [2.45, 2.75) is 13.0 Å². The zero-order valence-corrected chi connectivity index (χ0v) is 19.0. The normalized spacial score (nSPS) is 16.3. The lowest BCUT2D eigenvalue weighted by Gasteiger charge is -2.20. The minimum Gasteiger partial charge on any atom is -0.497 e. The second-order valence-corrected chi connectivity index (χ2v) is 6.84. The molecule has 2 aromatic carbocycles. The maximum Gasteiger partial charge on any atom is 0.191 e. The van der Waals surface area contributed by atoms with Gasteiger partial charge in [-0.3, -0.25) is 4.99 Å². The van der Waals surface area contributed by atoms with E-state index in [0.29, 0.717) is 11.9 Å². The molecule has 0 aliphatic carbocycles. The van der Waals surface area contributed by atoms with Crippen molar-refractivity contribution in [1.82, 2.24) is 10.6 Å². The minimum absolute atomic E-state index is 0. The van der Waals surface area contributed by atoms with Crippen molar-refractivity contribution in [3.05, 3.63) is 59.7 Å². The van der Waals surface area contributed by atoms with E-state index in [2.05, 4.69) is 26.6 Å². The number of rotatable bonds is 6. The van der Waals surface area contributed by atoms with Crippen LogP contribution in [0.3, 0.4) is 0 Å². The van der Waals surface area contributed by atoms with Crippen molar-refractivity contribution in [3.63, 3.8) is 0 Å². The first-order valence-corrected chi connectivity index (χ1v) is 9.36. The Bertz CT molecular complexity index is 834. The third-order valence-electron chi connectivity index (χ3n) is 4.94. The van der Waals surface area contributed by atoms with Crippen molar-refractivity contribution in [1.29, 1.82) is 0 Å². The summed E-state index contributed by atoms with van der Waals surface area (Å²) in [6.45, 7) is 2.85. The number of hydrogen-bond acceptors (Lipinski definition) is 3. The van der Waals surface area contributed by atoms with Crippen LogP contribution < -0.4 is 20.3 Å². The molecule has 0 amide bonds. The first kappa shape index (κ1) is 23.2. The Hall–Kier alpha value is -2.10. The van der Waals surface area contributed by atoms with E-state index in [1.165, 1.54) is 6.07 Å². The van der Waals surface area contributed by atoms with Gasteiger partial charge in [0.1, 0.15) is 17.4 Å². The summed E-state index contributed by atoms with van der Waals surface area (Å²) < 4.78 is 32.3. The molecular weight excluding hydrogens is 489 g/mol. The van der Waals surface area contributed by atoms with E-state index in [1.807, 2.05) is 18.2 Å². The number of methoxy groups -OCH3 is 1. The van der Waals surface area contributed by atoms with Gasteiger partial charge in [0.25, 0.3) is 0 Å². The molecule has 2 N–H and O–H groups in total. The van der Waals surface area contributed by atoms with Crippen molar-refractivity contribution in [2.24, 2.45) is 10.9 Å². The molecule has 158 valence electrons. The fourth-order valence-corrected chi connectivity index (χ4v) is 3.36. The Labute approximate surface area is 187 Å². The summed E-state index contributed by atoms with van der Waals surface area (Å²) in [5.74, 6) is 1.01. The zero-order valence-electron chi connectivity index (χ0n) is 16.6. The van der Waals surface area contributed by atoms with Crippen LogP contribution in [0.2, 0.25) is 0 Å². The van der Waals surface area contributed by atoms with Crippen molar-refractivity contribution in [2.75, 3.05) is 38.7 Å². The highest BCUT2D eigenvalue weighted by molar-refractivity contribution is 14.0. The number of aliphatic imine (C=N–C) groups is 1. The van der Waals surface area contributed by atoms with Crippen molar-refractivity contribution < 1.29 is 13.5 Å². The molecule has 0 bridgehead atoms. The van der Waals surface area contributed by atoms with Crippen LogP contribution in [0, 0.1) is 17.6 Å². The third-order valence-corrected chi connectivity index (χ3v) is 4.94. The predicted octanol–water partition coefficient (Wildman–Crippen LogP) is 3.78. The van der Waals surface area contributed by atoms with E-state index >= 15 is 0 Å². The topological polar surface area (TPSA) is 48.9 Å². The molecule has 1 aliphatic rings. The molecule has 2 aromatic rings. The third kappa shape index (κ3) is 6.45. The number of guanidine groups is 1. The largest absolute Gasteiger partial charge is 0.497 e. The molecule has 8 heteroatoms. The van der Waals surface area contributed by atoms with E-state index < -0.39 is 11.6 Å². The van der Waals surface area contributed by atoms with Crippen LogP contribution in [0.15, 0.2) is 47.5 Å². The molecule has 0 radical (unpaired) electrons. The van der Waals surface area contributed by atoms with Gasteiger partial charge in [-0.1, -0.05) is 6.07 Å². The molecule has 1 fully saturated rings. The average Bonchev–Trinajstić information content (AvgIpc) is 3.19. The van der Waals surface area contributed by atoms with E-state index in [0.717, 1.165) is 49.6 Å². The zero-order chi connectivity index (χ0) is 19.9. The summed E-state index contributed by atoms with van der Waals surface area (Å²) in [5, 5.41) is 6.32. The van der Waals surface area contributed by atoms with Crippen LogP contribution >= 0.6 is 24.0 Å². The Balaban J connectivity index is 0.00000300. The van der Waals surface area contributed by atoms with Crippen molar-refractivity contribution in [3.8, 4) is 5.75 Å². The fourth-order valence-electron chi connectivity index (χ4n) is 3.36. The lowest BCUT2D eigenvalue weighted by Crippen LogP contribution is -2.40. The number of nitrogens with one attached hydrogen (secondary N) is 2. The predicted molar refractivity (Wildman–Crippen MR) is 123 cm³/mol. The Kier molecular flexibility index (Phi) is 8.94. The molecule has 1 unspecified atom stereocenters. The molecule has 3 rings (SSSR count). The van der Waals surface area contributed by atoms with Crippen LogP contribution in [-0.4, -0.2) is 39.8 Å². The second-order valence-electron chi connectivity index (χ2n) is 6.84. The molecule has 1 heterocycles. The van der Waals surface area contributed by atoms with Crippen LogP contribution in [0.25, 0.3) is 0 Å². The summed E-state index contributed by atoms with van der Waals surface area (Å²) in [6, 6.07) is 11.5. The quantitative estimate of drug-likeness (QED) is 0.349. The molecule has 29 heavy (non-hydrogen) atoms. The Morgan fingerprint density at radius 3 is 2.79 bits per heavy atom. The summed E-state index contributed by atoms with van der Waals surface area (Å²) in [4.78, 5) is 6.50. The standard InChI is InChI=1S/C21H26F2N4O.HI/c1-24-21(26-13-16-10-17(22)6-7-20(16)23)25-12-15-8-9-27(14-15)18-4-3-5-19(11-18)28-2;/h3-7,10-11,15H,8-9,12-14H2,1-2H3,(H2,24,25,26);1H. The molecule has 0 spiro atoms. The molecule has 1 aliphatic heterocycles. The summed E-state index contributed by atoms with van der Waals surface area (Å²) in [7, 11) is 3.33. The number of ether oxygens (including phenoxy) is 1. The second kappa shape index (κ2) is 11.2. The molecule has 0 saturated carbocycles. The van der Waals surface area contributed by atoms with Gasteiger partial charge >= 0.3 is 0 Å². The maximum absolute atomic E-state index is 13.7. The number of benzene rings is 2. The van der Waals surface area contributed by atoms with Crippen LogP contribution in [0.1, 0.15) is 12.0 Å². The highest BCUT2D eigenvalue weighted by Crippen LogP contribution is 2.26. The van der Waals surface area contributed by atoms with E-state index in [-0.39, 0.29) is 36.1 Å². The first-order valence-electron chi connectivity index (χ1n) is 9.36. The monoisotopic (exact) mass is 516 g/mol. The molecule has 5 nitrogen and oxygen atoms in total. The van der Waals surface area contributed by atoms with Gasteiger partial charge in [0.2, 0.25) is 0 Å². The smallest absolute Gasteiger partial charge is 0.191 e. The van der Waals surface area contributed by atoms with E-state index in [1.54, 1.807) is 14.2 Å². The molecular formula is C21H27F2IN4O. The summed E-state index contributed by atoms with van der Waals surface area (Å²) in [6.07, 6.45) is 1.07. The number of hydrogen-bond donors (Lipinski definition) is 2. The van der Waals surface area contributed by atoms with Gasteiger partial charge < -0.3 is 20.3 Å². The van der Waals surface area contributed by atoms with Gasteiger partial charge in [-0.2, -0.15) is 0 Å². The van der Waals surface area contributed by atoms with Gasteiger partial charge in [0.15, 0.2) is 5.96 Å². The lowest BCUT2D eigenvalue weighted by atomic mass is 10.1. The highest BCUT2D eigenvalue weighted by atomic mass is 127. The van der Waals surface area contributed by atoms with Gasteiger partial charge in [0, 0.05) is 50.5 Å². The van der Waals surface area contributed by atoms with Gasteiger partial charge in [0.05, 0.1) is 7.11 Å². The van der Waals surface area contributed by atoms with Crippen LogP contribution in [0.5, 0.6) is 5.75 Å². The molecule has 1 atom stereocenters. The Morgan fingerprint density at radius 1 is 1.21 bits per heavy atom. The van der Waals surface area contributed by atoms with E-state index in [9.17, 15) is 8.78 Å². The van der Waals surface area contributed by atoms with Crippen LogP contribution in [0.4, 0.5) is 14.5 Å². The fraction of sp³-hybridized carbons (Fsp3) is 0.381. The summed E-state index contributed by atoms with van der Waals surface area (Å²) in [5.41, 5.74) is 1.43. The van der Waals surface area contributed by atoms with E-state index in [4.69, 9.17) is 4.74 Å². The van der Waals surface area contributed by atoms with Gasteiger partial charge in [-0.25, -0.2) is 8.78 Å². The van der Waals surface area contributed by atoms with Crippen molar-refractivity contribution >= 4 is 35.6 Å². The summed E-state index contributed by atoms with van der Waals surface area (Å²) >= 11 is 0.